The van der Waals surface area contributed by atoms with E-state index in [1.165, 1.54) is 0 Å². The molecule has 0 N–H and O–H groups in total. The normalized spacial score (nSPS) is 9.79. The number of halogens is 1. The van der Waals surface area contributed by atoms with Crippen LogP contribution in [0.4, 0.5) is 10.1 Å². The molecule has 0 aliphatic carbocycles. The number of nitrogens with zero attached hydrogens (tertiary/aromatic N) is 1. The molecular weight excluding hydrogens is 193 g/mol. The number of hydrogen-bond acceptors (Lipinski definition) is 4. The molecule has 1 rings (SSSR count). The van der Waals surface area contributed by atoms with Gasteiger partial charge in [-0.3, -0.25) is 10.1 Å². The summed E-state index contributed by atoms with van der Waals surface area (Å²) in [6.07, 6.45) is -0.673. The molecule has 0 saturated heterocycles. The van der Waals surface area contributed by atoms with Gasteiger partial charge in [0.2, 0.25) is 0 Å². The first-order valence-electron chi connectivity index (χ1n) is 3.63. The highest BCUT2D eigenvalue weighted by Gasteiger charge is 2.13. The van der Waals surface area contributed by atoms with Gasteiger partial charge in [0.1, 0.15) is 5.82 Å². The van der Waals surface area contributed by atoms with Gasteiger partial charge in [-0.05, 0) is 12.1 Å². The quantitative estimate of drug-likeness (QED) is 0.506. The van der Waals surface area contributed by atoms with Gasteiger partial charge in [-0.25, -0.2) is 4.39 Å². The molecule has 1 aromatic rings. The summed E-state index contributed by atoms with van der Waals surface area (Å²) in [4.78, 5) is 19.8. The maximum Gasteiger partial charge on any atom is 0.273 e. The van der Waals surface area contributed by atoms with E-state index in [1.807, 2.05) is 0 Å². The molecule has 0 atom stereocenters. The average molecular weight is 198 g/mol. The predicted octanol–water partition coefficient (Wildman–Crippen LogP) is 0.0263. The number of carboxylic acid groups (broad SMARTS) is 1. The van der Waals surface area contributed by atoms with E-state index in [2.05, 4.69) is 0 Å². The molecule has 0 heterocycles. The van der Waals surface area contributed by atoms with Crippen molar-refractivity contribution in [1.29, 1.82) is 0 Å². The molecule has 0 spiro atoms. The second-order valence-corrected chi connectivity index (χ2v) is 2.58. The molecule has 0 aliphatic heterocycles. The standard InChI is InChI=1S/C8H6FNO4/c9-6-1-2-7(10(13)14)5(3-6)4-8(11)12/h1-3H,4H2,(H,11,12)/p-1. The Hall–Kier alpha value is -1.98. The Labute approximate surface area is 77.9 Å². The summed E-state index contributed by atoms with van der Waals surface area (Å²) in [6.45, 7) is 0. The fraction of sp³-hybridized carbons (Fsp3) is 0.125. The summed E-state index contributed by atoms with van der Waals surface area (Å²) in [5.41, 5.74) is -0.620. The molecule has 0 unspecified atom stereocenters. The van der Waals surface area contributed by atoms with Crippen LogP contribution in [0.25, 0.3) is 0 Å². The van der Waals surface area contributed by atoms with E-state index in [0.717, 1.165) is 18.2 Å². The molecule has 0 aromatic heterocycles. The molecule has 0 saturated carbocycles. The number of nitro groups is 1. The van der Waals surface area contributed by atoms with Gasteiger partial charge < -0.3 is 9.90 Å². The third kappa shape index (κ3) is 2.25. The molecule has 74 valence electrons. The second kappa shape index (κ2) is 3.82. The second-order valence-electron chi connectivity index (χ2n) is 2.58. The van der Waals surface area contributed by atoms with Gasteiger partial charge in [-0.15, -0.1) is 0 Å². The first-order chi connectivity index (χ1) is 6.50. The van der Waals surface area contributed by atoms with Crippen molar-refractivity contribution < 1.29 is 19.2 Å². The van der Waals surface area contributed by atoms with Crippen LogP contribution in [0.15, 0.2) is 18.2 Å². The van der Waals surface area contributed by atoms with Gasteiger partial charge in [0.05, 0.1) is 4.92 Å². The van der Waals surface area contributed by atoms with Gasteiger partial charge in [0, 0.05) is 24.0 Å². The maximum atomic E-state index is 12.6. The summed E-state index contributed by atoms with van der Waals surface area (Å²) in [5, 5.41) is 20.6. The Kier molecular flexibility index (Phi) is 2.76. The van der Waals surface area contributed by atoms with Crippen molar-refractivity contribution >= 4 is 11.7 Å². The minimum Gasteiger partial charge on any atom is -0.550 e. The van der Waals surface area contributed by atoms with Gasteiger partial charge in [-0.2, -0.15) is 0 Å². The third-order valence-corrected chi connectivity index (χ3v) is 1.57. The van der Waals surface area contributed by atoms with Gasteiger partial charge >= 0.3 is 0 Å². The third-order valence-electron chi connectivity index (χ3n) is 1.57. The Bertz CT molecular complexity index is 391. The summed E-state index contributed by atoms with van der Waals surface area (Å²) in [6, 6.07) is 2.64. The smallest absolute Gasteiger partial charge is 0.273 e. The number of benzene rings is 1. The molecule has 0 radical (unpaired) electrons. The van der Waals surface area contributed by atoms with Gasteiger partial charge in [0.25, 0.3) is 5.69 Å². The fourth-order valence-corrected chi connectivity index (χ4v) is 1.03. The molecule has 0 fully saturated rings. The van der Waals surface area contributed by atoms with Crippen molar-refractivity contribution in [3.63, 3.8) is 0 Å². The zero-order chi connectivity index (χ0) is 10.7. The van der Waals surface area contributed by atoms with Crippen LogP contribution in [-0.2, 0) is 11.2 Å². The highest BCUT2D eigenvalue weighted by atomic mass is 19.1. The largest absolute Gasteiger partial charge is 0.550 e. The predicted molar refractivity (Wildman–Crippen MR) is 41.8 cm³/mol. The first-order valence-corrected chi connectivity index (χ1v) is 3.63. The summed E-state index contributed by atoms with van der Waals surface area (Å²) < 4.78 is 12.6. The van der Waals surface area contributed by atoms with Crippen molar-refractivity contribution in [3.8, 4) is 0 Å². The molecule has 6 heteroatoms. The van der Waals surface area contributed by atoms with Crippen LogP contribution in [0, 0.1) is 15.9 Å². The lowest BCUT2D eigenvalue weighted by atomic mass is 10.1. The minimum absolute atomic E-state index is 0.199. The molecule has 0 aliphatic rings. The van der Waals surface area contributed by atoms with E-state index < -0.39 is 28.8 Å². The Balaban J connectivity index is 3.15. The molecule has 0 bridgehead atoms. The van der Waals surface area contributed by atoms with Crippen molar-refractivity contribution in [3.05, 3.63) is 39.7 Å². The SMILES string of the molecule is O=C([O-])Cc1cc(F)ccc1[N+](=O)[O-]. The fourth-order valence-electron chi connectivity index (χ4n) is 1.03. The maximum absolute atomic E-state index is 12.6. The summed E-state index contributed by atoms with van der Waals surface area (Å²) in [7, 11) is 0. The average Bonchev–Trinajstić information content (AvgIpc) is 2.01. The van der Waals surface area contributed by atoms with Crippen LogP contribution < -0.4 is 5.11 Å². The lowest BCUT2D eigenvalue weighted by molar-refractivity contribution is -0.385. The van der Waals surface area contributed by atoms with Gasteiger partial charge in [0.15, 0.2) is 0 Å². The van der Waals surface area contributed by atoms with Crippen molar-refractivity contribution in [2.45, 2.75) is 6.42 Å². The number of carboxylic acids is 1. The molecule has 5 nitrogen and oxygen atoms in total. The minimum atomic E-state index is -1.49. The molecule has 14 heavy (non-hydrogen) atoms. The Morgan fingerprint density at radius 3 is 2.64 bits per heavy atom. The lowest BCUT2D eigenvalue weighted by Crippen LogP contribution is -2.24. The highest BCUT2D eigenvalue weighted by Crippen LogP contribution is 2.19. The topological polar surface area (TPSA) is 83.3 Å². The molecule has 0 amide bonds. The van der Waals surface area contributed by atoms with E-state index in [4.69, 9.17) is 0 Å². The van der Waals surface area contributed by atoms with E-state index in [9.17, 15) is 24.4 Å². The monoisotopic (exact) mass is 198 g/mol. The number of nitro benzene ring substituents is 1. The van der Waals surface area contributed by atoms with Crippen LogP contribution in [0.1, 0.15) is 5.56 Å². The van der Waals surface area contributed by atoms with Gasteiger partial charge in [-0.1, -0.05) is 0 Å². The van der Waals surface area contributed by atoms with E-state index >= 15 is 0 Å². The van der Waals surface area contributed by atoms with Crippen molar-refractivity contribution in [1.82, 2.24) is 0 Å². The highest BCUT2D eigenvalue weighted by molar-refractivity contribution is 5.70. The van der Waals surface area contributed by atoms with E-state index in [1.54, 1.807) is 0 Å². The van der Waals surface area contributed by atoms with Crippen molar-refractivity contribution in [2.24, 2.45) is 0 Å². The Morgan fingerprint density at radius 1 is 1.50 bits per heavy atom. The number of carbonyl (C=O) groups is 1. The number of carbonyl (C=O) groups excluding carboxylic acids is 1. The zero-order valence-corrected chi connectivity index (χ0v) is 6.90. The first kappa shape index (κ1) is 10.1. The van der Waals surface area contributed by atoms with Crippen LogP contribution in [0.3, 0.4) is 0 Å². The number of aliphatic carboxylic acids is 1. The van der Waals surface area contributed by atoms with Crippen LogP contribution in [-0.4, -0.2) is 10.9 Å². The number of rotatable bonds is 3. The summed E-state index contributed by atoms with van der Waals surface area (Å²) in [5.74, 6) is -2.20. The zero-order valence-electron chi connectivity index (χ0n) is 6.90. The van der Waals surface area contributed by atoms with Crippen molar-refractivity contribution in [2.75, 3.05) is 0 Å². The van der Waals surface area contributed by atoms with Crippen LogP contribution in [0.5, 0.6) is 0 Å². The van der Waals surface area contributed by atoms with E-state index in [0.29, 0.717) is 0 Å². The van der Waals surface area contributed by atoms with Crippen LogP contribution in [0.2, 0.25) is 0 Å². The van der Waals surface area contributed by atoms with E-state index in [-0.39, 0.29) is 5.56 Å². The number of hydrogen-bond donors (Lipinski definition) is 0. The van der Waals surface area contributed by atoms with Crippen LogP contribution >= 0.6 is 0 Å². The lowest BCUT2D eigenvalue weighted by Gasteiger charge is -2.03. The summed E-state index contributed by atoms with van der Waals surface area (Å²) >= 11 is 0. The molecule has 1 aromatic carbocycles. The molecular formula is C8H5FNO4-. The Morgan fingerprint density at radius 2 is 2.14 bits per heavy atom.